The molecule has 0 bridgehead atoms. The zero-order valence-electron chi connectivity index (χ0n) is 18.3. The molecule has 0 aliphatic carbocycles. The molecular formula is C26H34N2O2. The monoisotopic (exact) mass is 406 g/mol. The predicted molar refractivity (Wildman–Crippen MR) is 121 cm³/mol. The SMILES string of the molecule is Cc1cccc([C@H]2CCN(CCN3CCOCC3)C[C@@H]2C(=O)c2ccccc2)c1C. The molecule has 30 heavy (non-hydrogen) atoms. The quantitative estimate of drug-likeness (QED) is 0.681. The van der Waals surface area contributed by atoms with Gasteiger partial charge in [-0.05, 0) is 49.4 Å². The molecule has 2 aromatic rings. The first-order valence-electron chi connectivity index (χ1n) is 11.3. The molecule has 2 aliphatic heterocycles. The highest BCUT2D eigenvalue weighted by molar-refractivity contribution is 5.98. The second-order valence-electron chi connectivity index (χ2n) is 8.78. The molecule has 4 rings (SSSR count). The lowest BCUT2D eigenvalue weighted by molar-refractivity contribution is 0.0299. The Balaban J connectivity index is 1.53. The second-order valence-corrected chi connectivity index (χ2v) is 8.78. The number of ether oxygens (including phenoxy) is 1. The van der Waals surface area contributed by atoms with E-state index in [4.69, 9.17) is 4.74 Å². The summed E-state index contributed by atoms with van der Waals surface area (Å²) in [5, 5.41) is 0. The van der Waals surface area contributed by atoms with Gasteiger partial charge in [-0.25, -0.2) is 0 Å². The van der Waals surface area contributed by atoms with Crippen LogP contribution >= 0.6 is 0 Å². The topological polar surface area (TPSA) is 32.8 Å². The number of carbonyl (C=O) groups excluding carboxylic acids is 1. The molecule has 0 radical (unpaired) electrons. The Morgan fingerprint density at radius 2 is 1.67 bits per heavy atom. The van der Waals surface area contributed by atoms with Crippen LogP contribution in [0.25, 0.3) is 0 Å². The van der Waals surface area contributed by atoms with Crippen LogP contribution < -0.4 is 0 Å². The molecule has 2 aliphatic rings. The van der Waals surface area contributed by atoms with E-state index in [9.17, 15) is 4.79 Å². The zero-order valence-corrected chi connectivity index (χ0v) is 18.3. The summed E-state index contributed by atoms with van der Waals surface area (Å²) in [6.07, 6.45) is 1.04. The largest absolute Gasteiger partial charge is 0.379 e. The summed E-state index contributed by atoms with van der Waals surface area (Å²) in [7, 11) is 0. The van der Waals surface area contributed by atoms with Crippen LogP contribution in [0.3, 0.4) is 0 Å². The lowest BCUT2D eigenvalue weighted by Crippen LogP contribution is -2.47. The average Bonchev–Trinajstić information content (AvgIpc) is 2.80. The van der Waals surface area contributed by atoms with E-state index in [1.54, 1.807) is 0 Å². The molecule has 0 saturated carbocycles. The minimum Gasteiger partial charge on any atom is -0.379 e. The van der Waals surface area contributed by atoms with Gasteiger partial charge in [0.25, 0.3) is 0 Å². The molecule has 4 nitrogen and oxygen atoms in total. The van der Waals surface area contributed by atoms with Crippen molar-refractivity contribution < 1.29 is 9.53 Å². The van der Waals surface area contributed by atoms with Gasteiger partial charge in [0, 0.05) is 44.2 Å². The van der Waals surface area contributed by atoms with Gasteiger partial charge in [0.2, 0.25) is 0 Å². The van der Waals surface area contributed by atoms with Crippen LogP contribution in [0.1, 0.15) is 39.4 Å². The normalized spacial score (nSPS) is 23.4. The van der Waals surface area contributed by atoms with Crippen LogP contribution in [0.2, 0.25) is 0 Å². The molecule has 0 unspecified atom stereocenters. The summed E-state index contributed by atoms with van der Waals surface area (Å²) in [5.41, 5.74) is 4.85. The number of aryl methyl sites for hydroxylation is 1. The molecule has 2 aromatic carbocycles. The Kier molecular flexibility index (Phi) is 6.98. The molecular weight excluding hydrogens is 372 g/mol. The molecule has 2 fully saturated rings. The van der Waals surface area contributed by atoms with Gasteiger partial charge in [0.05, 0.1) is 13.2 Å². The summed E-state index contributed by atoms with van der Waals surface area (Å²) in [6.45, 7) is 12.1. The molecule has 0 spiro atoms. The van der Waals surface area contributed by atoms with Crippen molar-refractivity contribution in [3.8, 4) is 0 Å². The van der Waals surface area contributed by atoms with Gasteiger partial charge in [-0.3, -0.25) is 9.69 Å². The Morgan fingerprint density at radius 1 is 0.933 bits per heavy atom. The van der Waals surface area contributed by atoms with E-state index in [-0.39, 0.29) is 17.6 Å². The van der Waals surface area contributed by atoms with Crippen LogP contribution in [0.5, 0.6) is 0 Å². The number of nitrogens with zero attached hydrogens (tertiary/aromatic N) is 2. The first-order valence-corrected chi connectivity index (χ1v) is 11.3. The zero-order chi connectivity index (χ0) is 20.9. The van der Waals surface area contributed by atoms with E-state index in [0.717, 1.165) is 64.5 Å². The fourth-order valence-corrected chi connectivity index (χ4v) is 4.96. The van der Waals surface area contributed by atoms with Crippen LogP contribution in [0.4, 0.5) is 0 Å². The van der Waals surface area contributed by atoms with Crippen molar-refractivity contribution in [2.24, 2.45) is 5.92 Å². The van der Waals surface area contributed by atoms with Crippen LogP contribution in [-0.2, 0) is 4.74 Å². The number of morpholine rings is 1. The number of likely N-dealkylation sites (tertiary alicyclic amines) is 1. The summed E-state index contributed by atoms with van der Waals surface area (Å²) in [6, 6.07) is 16.4. The summed E-state index contributed by atoms with van der Waals surface area (Å²) in [5.74, 6) is 0.584. The number of rotatable bonds is 6. The molecule has 2 saturated heterocycles. The number of ketones is 1. The Hall–Kier alpha value is -2.01. The molecule has 2 heterocycles. The van der Waals surface area contributed by atoms with Crippen molar-refractivity contribution in [1.29, 1.82) is 0 Å². The summed E-state index contributed by atoms with van der Waals surface area (Å²) in [4.78, 5) is 18.6. The highest BCUT2D eigenvalue weighted by atomic mass is 16.5. The van der Waals surface area contributed by atoms with E-state index in [1.807, 2.05) is 30.3 Å². The molecule has 0 aromatic heterocycles. The minimum absolute atomic E-state index is 0.00587. The van der Waals surface area contributed by atoms with E-state index >= 15 is 0 Å². The Bertz CT molecular complexity index is 845. The molecule has 2 atom stereocenters. The van der Waals surface area contributed by atoms with Crippen molar-refractivity contribution in [2.45, 2.75) is 26.2 Å². The third-order valence-corrected chi connectivity index (χ3v) is 6.97. The third kappa shape index (κ3) is 4.83. The average molecular weight is 407 g/mol. The number of hydrogen-bond donors (Lipinski definition) is 0. The highest BCUT2D eigenvalue weighted by Crippen LogP contribution is 2.37. The van der Waals surface area contributed by atoms with Crippen LogP contribution in [0, 0.1) is 19.8 Å². The third-order valence-electron chi connectivity index (χ3n) is 6.97. The smallest absolute Gasteiger partial charge is 0.167 e. The number of Topliss-reactive ketones (excluding diaryl/α,β-unsaturated/α-hetero) is 1. The maximum Gasteiger partial charge on any atom is 0.167 e. The van der Waals surface area contributed by atoms with Gasteiger partial charge in [0.15, 0.2) is 5.78 Å². The molecule has 0 amide bonds. The standard InChI is InChI=1S/C26H34N2O2/c1-20-7-6-10-23(21(20)2)24-11-12-28(14-13-27-15-17-30-18-16-27)19-25(24)26(29)22-8-4-3-5-9-22/h3-10,24-25H,11-19H2,1-2H3/t24-,25+/m1/s1. The summed E-state index contributed by atoms with van der Waals surface area (Å²) < 4.78 is 5.47. The van der Waals surface area contributed by atoms with Crippen molar-refractivity contribution in [3.05, 3.63) is 70.8 Å². The van der Waals surface area contributed by atoms with Gasteiger partial charge < -0.3 is 9.64 Å². The first-order chi connectivity index (χ1) is 14.6. The van der Waals surface area contributed by atoms with Gasteiger partial charge >= 0.3 is 0 Å². The lowest BCUT2D eigenvalue weighted by atomic mass is 9.75. The molecule has 4 heteroatoms. The van der Waals surface area contributed by atoms with E-state index in [2.05, 4.69) is 41.8 Å². The predicted octanol–water partition coefficient (Wildman–Crippen LogP) is 3.92. The van der Waals surface area contributed by atoms with Crippen molar-refractivity contribution >= 4 is 5.78 Å². The van der Waals surface area contributed by atoms with Crippen molar-refractivity contribution in [1.82, 2.24) is 9.80 Å². The maximum absolute atomic E-state index is 13.6. The van der Waals surface area contributed by atoms with Crippen LogP contribution in [0.15, 0.2) is 48.5 Å². The second kappa shape index (κ2) is 9.86. The van der Waals surface area contributed by atoms with E-state index < -0.39 is 0 Å². The first kappa shape index (κ1) is 21.2. The minimum atomic E-state index is 0.00587. The van der Waals surface area contributed by atoms with Gasteiger partial charge in [0.1, 0.15) is 0 Å². The van der Waals surface area contributed by atoms with E-state index in [1.165, 1.54) is 16.7 Å². The maximum atomic E-state index is 13.6. The fourth-order valence-electron chi connectivity index (χ4n) is 4.96. The highest BCUT2D eigenvalue weighted by Gasteiger charge is 2.36. The van der Waals surface area contributed by atoms with Gasteiger partial charge in [-0.2, -0.15) is 0 Å². The number of hydrogen-bond acceptors (Lipinski definition) is 4. The number of benzene rings is 2. The van der Waals surface area contributed by atoms with Crippen molar-refractivity contribution in [3.63, 3.8) is 0 Å². The number of carbonyl (C=O) groups is 1. The molecule has 160 valence electrons. The Morgan fingerprint density at radius 3 is 2.43 bits per heavy atom. The lowest BCUT2D eigenvalue weighted by Gasteiger charge is -2.40. The van der Waals surface area contributed by atoms with Gasteiger partial charge in [-0.1, -0.05) is 48.5 Å². The van der Waals surface area contributed by atoms with Crippen LogP contribution in [-0.4, -0.2) is 68.1 Å². The fraction of sp³-hybridized carbons (Fsp3) is 0.500. The summed E-state index contributed by atoms with van der Waals surface area (Å²) >= 11 is 0. The number of piperidine rings is 1. The van der Waals surface area contributed by atoms with Crippen molar-refractivity contribution in [2.75, 3.05) is 52.5 Å². The van der Waals surface area contributed by atoms with Gasteiger partial charge in [-0.15, -0.1) is 0 Å². The molecule has 0 N–H and O–H groups in total. The van der Waals surface area contributed by atoms with E-state index in [0.29, 0.717) is 0 Å². The Labute approximate surface area is 180 Å².